The topological polar surface area (TPSA) is 501 Å². The first-order chi connectivity index (χ1) is 65.3. The van der Waals surface area contributed by atoms with E-state index in [2.05, 4.69) is 31.9 Å². The van der Waals surface area contributed by atoms with Crippen molar-refractivity contribution in [3.8, 4) is 0 Å². The molecule has 708 valence electrons. The van der Waals surface area contributed by atoms with Gasteiger partial charge in [0, 0.05) is 87.7 Å². The molecule has 0 spiro atoms. The van der Waals surface area contributed by atoms with Crippen LogP contribution in [-0.4, -0.2) is 137 Å². The summed E-state index contributed by atoms with van der Waals surface area (Å²) in [7, 11) is 0. The van der Waals surface area contributed by atoms with Crippen LogP contribution >= 0.6 is 58.0 Å². The number of hydrogen-bond acceptors (Lipinski definition) is 18. The number of aromatic carboxylic acids is 6. The molecule has 0 aliphatic heterocycles. The first kappa shape index (κ1) is 109. The lowest BCUT2D eigenvalue weighted by atomic mass is 10.0. The Balaban J connectivity index is 0.000000225. The molecular formula is C102H84Cl5FN6O24. The van der Waals surface area contributed by atoms with Crippen LogP contribution in [0.5, 0.6) is 0 Å². The summed E-state index contributed by atoms with van der Waals surface area (Å²) in [5, 5.41) is 70.5. The van der Waals surface area contributed by atoms with E-state index in [-0.39, 0.29) is 167 Å². The summed E-state index contributed by atoms with van der Waals surface area (Å²) in [6.07, 6.45) is 0. The van der Waals surface area contributed by atoms with Gasteiger partial charge >= 0.3 is 35.8 Å². The molecule has 0 aliphatic rings. The van der Waals surface area contributed by atoms with Gasteiger partial charge in [-0.05, 0) is 227 Å². The van der Waals surface area contributed by atoms with Crippen molar-refractivity contribution in [3.63, 3.8) is 0 Å². The Morgan fingerprint density at radius 1 is 0.225 bits per heavy atom. The predicted octanol–water partition coefficient (Wildman–Crippen LogP) is 18.5. The number of hydrogen-bond donors (Lipinski definition) is 12. The van der Waals surface area contributed by atoms with Crippen LogP contribution in [0, 0.1) is 5.82 Å². The Morgan fingerprint density at radius 2 is 0.493 bits per heavy atom. The number of carbonyl (C=O) groups excluding carboxylic acids is 12. The highest BCUT2D eigenvalue weighted by Gasteiger charge is 2.24. The molecule has 138 heavy (non-hydrogen) atoms. The Hall–Kier alpha value is -16.3. The number of amides is 6. The van der Waals surface area contributed by atoms with E-state index < -0.39 is 82.9 Å². The van der Waals surface area contributed by atoms with Crippen molar-refractivity contribution in [1.29, 1.82) is 0 Å². The fourth-order valence-electron chi connectivity index (χ4n) is 12.4. The number of nitrogens with one attached hydrogen (secondary N) is 6. The number of Topliss-reactive ketones (excluding diaryl/α,β-unsaturated/α-hetero) is 6. The van der Waals surface area contributed by atoms with Gasteiger partial charge in [-0.25, -0.2) is 33.2 Å². The van der Waals surface area contributed by atoms with Gasteiger partial charge in [0.2, 0.25) is 0 Å². The molecule has 0 unspecified atom stereocenters. The number of benzene rings is 12. The van der Waals surface area contributed by atoms with Crippen LogP contribution in [0.1, 0.15) is 261 Å². The van der Waals surface area contributed by atoms with E-state index in [0.29, 0.717) is 37.9 Å². The van der Waals surface area contributed by atoms with E-state index in [0.717, 1.165) is 34.4 Å². The second kappa shape index (κ2) is 52.4. The molecule has 0 radical (unpaired) electrons. The van der Waals surface area contributed by atoms with Crippen LogP contribution in [-0.2, 0) is 39.3 Å². The molecule has 12 aromatic carbocycles. The van der Waals surface area contributed by atoms with Gasteiger partial charge in [0.25, 0.3) is 35.4 Å². The normalized spacial score (nSPS) is 10.2. The van der Waals surface area contributed by atoms with E-state index >= 15 is 0 Å². The second-order valence-corrected chi connectivity index (χ2v) is 31.6. The monoisotopic (exact) mass is 1970 g/mol. The number of carboxylic acids is 6. The number of ketones is 6. The average Bonchev–Trinajstić information content (AvgIpc) is 0.824. The van der Waals surface area contributed by atoms with Crippen molar-refractivity contribution in [2.75, 3.05) is 0 Å². The van der Waals surface area contributed by atoms with Crippen molar-refractivity contribution in [3.05, 3.63) is 419 Å². The van der Waals surface area contributed by atoms with Crippen molar-refractivity contribution in [2.24, 2.45) is 0 Å². The summed E-state index contributed by atoms with van der Waals surface area (Å²) < 4.78 is 13.2. The van der Waals surface area contributed by atoms with Gasteiger partial charge < -0.3 is 62.5 Å². The Labute approximate surface area is 812 Å². The van der Waals surface area contributed by atoms with Gasteiger partial charge in [-0.3, -0.25) is 57.5 Å². The fraction of sp³-hybridized carbons (Fsp3) is 0.118. The summed E-state index contributed by atoms with van der Waals surface area (Å²) in [5.74, 6) is -10.9. The average molecular weight is 1970 g/mol. The molecule has 0 aromatic heterocycles. The van der Waals surface area contributed by atoms with E-state index in [1.807, 2.05) is 0 Å². The third-order valence-corrected chi connectivity index (χ3v) is 21.1. The Kier molecular flexibility index (Phi) is 41.3. The molecule has 12 N–H and O–H groups in total. The number of halogens is 6. The second-order valence-electron chi connectivity index (χ2n) is 29.5. The Morgan fingerprint density at radius 3 is 0.841 bits per heavy atom. The minimum Gasteiger partial charge on any atom is -0.478 e. The SMILES string of the molecule is CC(=O)c1c(Cl)cccc1C(=O)NCc1ccc(C(=O)O)cc1.CC(=O)c1cc(Cl)ccc1C(=O)NCc1ccc(C(=O)O)cc1.CC(=O)c1cc(F)ccc1C(=O)NCc1ccc(C(=O)O)cc1.CC(=O)c1ccc(Cl)cc1C(=O)NCc1ccc(C(=O)O)cc1.CC(=O)c1cccc(Cl)c1C(=O)NCc1ccc(C(=O)O)cc1.CC(=O)c1ccccc1C(=O)NCc1ccc(C(=O)O)cc1Cl. The molecule has 0 saturated carbocycles. The maximum absolute atomic E-state index is 13.2. The van der Waals surface area contributed by atoms with Crippen molar-refractivity contribution >= 4 is 164 Å². The third-order valence-electron chi connectivity index (χ3n) is 19.6. The first-order valence-electron chi connectivity index (χ1n) is 40.8. The van der Waals surface area contributed by atoms with E-state index in [9.17, 15) is 90.7 Å². The fourth-order valence-corrected chi connectivity index (χ4v) is 13.6. The summed E-state index contributed by atoms with van der Waals surface area (Å²) >= 11 is 29.7. The Bertz CT molecular complexity index is 6470. The van der Waals surface area contributed by atoms with Crippen LogP contribution < -0.4 is 31.9 Å². The van der Waals surface area contributed by atoms with Gasteiger partial charge in [-0.15, -0.1) is 0 Å². The quantitative estimate of drug-likeness (QED) is 0.0186. The molecule has 0 atom stereocenters. The van der Waals surface area contributed by atoms with E-state index in [4.69, 9.17) is 88.6 Å². The minimum atomic E-state index is -1.07. The first-order valence-corrected chi connectivity index (χ1v) is 42.7. The summed E-state index contributed by atoms with van der Waals surface area (Å²) in [6.45, 7) is 9.25. The van der Waals surface area contributed by atoms with Crippen LogP contribution in [0.25, 0.3) is 0 Å². The molecule has 12 aromatic rings. The van der Waals surface area contributed by atoms with Gasteiger partial charge in [0.15, 0.2) is 34.7 Å². The number of carbonyl (C=O) groups is 18. The zero-order valence-electron chi connectivity index (χ0n) is 73.8. The van der Waals surface area contributed by atoms with E-state index in [1.165, 1.54) is 151 Å². The lowest BCUT2D eigenvalue weighted by molar-refractivity contribution is 0.0686. The molecule has 0 aliphatic carbocycles. The van der Waals surface area contributed by atoms with Crippen molar-refractivity contribution in [1.82, 2.24) is 31.9 Å². The molecule has 36 heteroatoms. The molecule has 0 fully saturated rings. The standard InChI is InChI=1S/5C17H14ClNO4.C17H14FNO4/c1-10(20)15-8-13(18)6-7-14(15)16(21)19-9-11-2-4-12(5-3-11)17(22)23;1-10(20)14-7-6-13(18)8-15(14)16(21)19-9-11-2-4-12(5-3-11)17(22)23;1-10(20)15-13(3-2-4-14(15)18)16(21)19-9-11-5-7-12(8-6-11)17(22)23;1-10(20)13-3-2-4-14(18)15(13)16(21)19-9-11-5-7-12(8-6-11)17(22)23;1-10(20)13-4-2-3-5-14(13)16(21)19-9-12-7-6-11(17(22)23)8-15(12)18;1-10(20)15-8-13(18)6-7-14(15)16(21)19-9-11-2-4-12(5-3-11)17(22)23/h6*2-8H,9H2,1H3,(H,19,21)(H,22,23). The summed E-state index contributed by atoms with van der Waals surface area (Å²) in [6, 6.07) is 63.3. The zero-order valence-corrected chi connectivity index (χ0v) is 77.6. The molecule has 0 saturated heterocycles. The summed E-state index contributed by atoms with van der Waals surface area (Å²) in [5.41, 5.74) is 7.78. The smallest absolute Gasteiger partial charge is 0.335 e. The lowest BCUT2D eigenvalue weighted by Crippen LogP contribution is -2.25. The molecule has 0 heterocycles. The highest BCUT2D eigenvalue weighted by Crippen LogP contribution is 2.26. The molecule has 0 bridgehead atoms. The summed E-state index contributed by atoms with van der Waals surface area (Å²) in [4.78, 5) is 208. The van der Waals surface area contributed by atoms with Crippen LogP contribution in [0.4, 0.5) is 4.39 Å². The maximum atomic E-state index is 13.2. The highest BCUT2D eigenvalue weighted by atomic mass is 35.5. The van der Waals surface area contributed by atoms with Gasteiger partial charge in [0.05, 0.1) is 76.8 Å². The van der Waals surface area contributed by atoms with Gasteiger partial charge in [-0.1, -0.05) is 161 Å². The third kappa shape index (κ3) is 32.8. The predicted molar refractivity (Wildman–Crippen MR) is 511 cm³/mol. The van der Waals surface area contributed by atoms with Crippen LogP contribution in [0.2, 0.25) is 25.1 Å². The van der Waals surface area contributed by atoms with Crippen LogP contribution in [0.15, 0.2) is 255 Å². The molecular weight excluding hydrogens is 1890 g/mol. The van der Waals surface area contributed by atoms with Crippen molar-refractivity contribution < 1.29 is 121 Å². The van der Waals surface area contributed by atoms with Crippen molar-refractivity contribution in [2.45, 2.75) is 80.8 Å². The zero-order chi connectivity index (χ0) is 102. The number of rotatable bonds is 30. The molecule has 6 amide bonds. The molecule has 12 rings (SSSR count). The largest absolute Gasteiger partial charge is 0.478 e. The van der Waals surface area contributed by atoms with Gasteiger partial charge in [0.1, 0.15) is 5.82 Å². The minimum absolute atomic E-state index is 0.0173. The van der Waals surface area contributed by atoms with Gasteiger partial charge in [-0.2, -0.15) is 0 Å². The van der Waals surface area contributed by atoms with Crippen LogP contribution in [0.3, 0.4) is 0 Å². The van der Waals surface area contributed by atoms with E-state index in [1.54, 1.807) is 133 Å². The maximum Gasteiger partial charge on any atom is 0.335 e. The lowest BCUT2D eigenvalue weighted by Gasteiger charge is -2.10. The molecule has 30 nitrogen and oxygen atoms in total. The highest BCUT2D eigenvalue weighted by molar-refractivity contribution is 6.36. The number of carboxylic acid groups (broad SMARTS) is 6.